The summed E-state index contributed by atoms with van der Waals surface area (Å²) < 4.78 is 0. The molecular formula is C12H15N3S. The average molecular weight is 233 g/mol. The van der Waals surface area contributed by atoms with E-state index in [0.717, 1.165) is 22.7 Å². The van der Waals surface area contributed by atoms with E-state index in [2.05, 4.69) is 41.4 Å². The summed E-state index contributed by atoms with van der Waals surface area (Å²) in [5.41, 5.74) is 8.56. The predicted molar refractivity (Wildman–Crippen MR) is 68.3 cm³/mol. The van der Waals surface area contributed by atoms with Crippen LogP contribution in [0, 0.1) is 0 Å². The molecule has 2 aromatic rings. The maximum Gasteiger partial charge on any atom is 0.0924 e. The van der Waals surface area contributed by atoms with Crippen LogP contribution in [0.5, 0.6) is 0 Å². The molecule has 2 rings (SSSR count). The second-order valence-electron chi connectivity index (χ2n) is 3.44. The zero-order chi connectivity index (χ0) is 11.4. The molecule has 0 unspecified atom stereocenters. The van der Waals surface area contributed by atoms with Gasteiger partial charge in [0.05, 0.1) is 5.69 Å². The number of benzene rings is 1. The third-order valence-electron chi connectivity index (χ3n) is 2.31. The summed E-state index contributed by atoms with van der Waals surface area (Å²) in [5.74, 6) is 1.10. The highest BCUT2D eigenvalue weighted by Crippen LogP contribution is 2.23. The van der Waals surface area contributed by atoms with Crippen molar-refractivity contribution in [2.24, 2.45) is 5.73 Å². The largest absolute Gasteiger partial charge is 0.325 e. The van der Waals surface area contributed by atoms with E-state index in [1.165, 1.54) is 4.90 Å². The Labute approximate surface area is 99.4 Å². The first kappa shape index (κ1) is 11.2. The highest BCUT2D eigenvalue weighted by Gasteiger charge is 2.02. The van der Waals surface area contributed by atoms with E-state index >= 15 is 0 Å². The number of rotatable bonds is 4. The molecule has 16 heavy (non-hydrogen) atoms. The molecule has 1 aromatic carbocycles. The number of nitrogens with two attached hydrogens (primary N) is 1. The van der Waals surface area contributed by atoms with Crippen molar-refractivity contribution in [1.29, 1.82) is 0 Å². The normalized spacial score (nSPS) is 10.6. The molecule has 0 bridgehead atoms. The van der Waals surface area contributed by atoms with E-state index < -0.39 is 0 Å². The molecule has 0 saturated heterocycles. The van der Waals surface area contributed by atoms with E-state index in [1.807, 2.05) is 17.8 Å². The zero-order valence-corrected chi connectivity index (χ0v) is 10.1. The molecule has 0 amide bonds. The maximum absolute atomic E-state index is 5.53. The summed E-state index contributed by atoms with van der Waals surface area (Å²) >= 11 is 1.84. The molecule has 0 atom stereocenters. The molecule has 0 saturated carbocycles. The summed E-state index contributed by atoms with van der Waals surface area (Å²) in [6.07, 6.45) is 0. The second-order valence-corrected chi connectivity index (χ2v) is 4.78. The Balaban J connectivity index is 2.20. The van der Waals surface area contributed by atoms with Crippen molar-refractivity contribution in [3.8, 4) is 11.3 Å². The van der Waals surface area contributed by atoms with Gasteiger partial charge in [-0.1, -0.05) is 19.1 Å². The smallest absolute Gasteiger partial charge is 0.0924 e. The van der Waals surface area contributed by atoms with E-state index in [9.17, 15) is 0 Å². The van der Waals surface area contributed by atoms with Crippen molar-refractivity contribution in [2.75, 3.05) is 5.75 Å². The first-order chi connectivity index (χ1) is 7.83. The van der Waals surface area contributed by atoms with Crippen molar-refractivity contribution in [1.82, 2.24) is 10.2 Å². The van der Waals surface area contributed by atoms with Gasteiger partial charge >= 0.3 is 0 Å². The van der Waals surface area contributed by atoms with Crippen LogP contribution in [-0.2, 0) is 6.54 Å². The number of aromatic nitrogens is 2. The van der Waals surface area contributed by atoms with E-state index in [0.29, 0.717) is 6.54 Å². The number of hydrogen-bond donors (Lipinski definition) is 2. The summed E-state index contributed by atoms with van der Waals surface area (Å²) in [5, 5.41) is 7.13. The Kier molecular flexibility index (Phi) is 3.64. The minimum absolute atomic E-state index is 0.497. The van der Waals surface area contributed by atoms with Crippen LogP contribution in [0.3, 0.4) is 0 Å². The van der Waals surface area contributed by atoms with Crippen LogP contribution in [0.25, 0.3) is 11.3 Å². The molecule has 0 spiro atoms. The fourth-order valence-electron chi connectivity index (χ4n) is 1.50. The van der Waals surface area contributed by atoms with E-state index in [-0.39, 0.29) is 0 Å². The number of hydrogen-bond acceptors (Lipinski definition) is 3. The van der Waals surface area contributed by atoms with Crippen LogP contribution in [0.2, 0.25) is 0 Å². The fourth-order valence-corrected chi connectivity index (χ4v) is 2.16. The molecule has 1 aromatic heterocycles. The predicted octanol–water partition coefficient (Wildman–Crippen LogP) is 2.65. The third kappa shape index (κ3) is 2.46. The fraction of sp³-hybridized carbons (Fsp3) is 0.250. The lowest BCUT2D eigenvalue weighted by Crippen LogP contribution is -1.95. The number of nitrogens with one attached hydrogen (secondary N) is 1. The van der Waals surface area contributed by atoms with Gasteiger partial charge in [0.1, 0.15) is 0 Å². The van der Waals surface area contributed by atoms with Gasteiger partial charge in [0, 0.05) is 22.7 Å². The van der Waals surface area contributed by atoms with Gasteiger partial charge in [0.2, 0.25) is 0 Å². The third-order valence-corrected chi connectivity index (χ3v) is 3.21. The molecule has 4 heteroatoms. The van der Waals surface area contributed by atoms with Crippen LogP contribution in [0.4, 0.5) is 0 Å². The topological polar surface area (TPSA) is 54.7 Å². The van der Waals surface area contributed by atoms with Crippen LogP contribution in [0.15, 0.2) is 35.2 Å². The summed E-state index contributed by atoms with van der Waals surface area (Å²) in [6.45, 7) is 2.65. The van der Waals surface area contributed by atoms with E-state index in [4.69, 9.17) is 5.73 Å². The lowest BCUT2D eigenvalue weighted by Gasteiger charge is -1.99. The van der Waals surface area contributed by atoms with Gasteiger partial charge in [0.25, 0.3) is 0 Å². The van der Waals surface area contributed by atoms with Crippen molar-refractivity contribution >= 4 is 11.8 Å². The Morgan fingerprint density at radius 1 is 1.31 bits per heavy atom. The minimum Gasteiger partial charge on any atom is -0.325 e. The monoisotopic (exact) mass is 233 g/mol. The molecule has 0 fully saturated rings. The molecule has 3 N–H and O–H groups in total. The SMILES string of the molecule is CCSc1ccc(-c2cc(CN)[nH]n2)cc1. The summed E-state index contributed by atoms with van der Waals surface area (Å²) in [4.78, 5) is 1.29. The van der Waals surface area contributed by atoms with Gasteiger partial charge < -0.3 is 5.73 Å². The molecule has 0 aliphatic carbocycles. The maximum atomic E-state index is 5.53. The van der Waals surface area contributed by atoms with Crippen molar-refractivity contribution in [2.45, 2.75) is 18.4 Å². The molecule has 0 aliphatic heterocycles. The van der Waals surface area contributed by atoms with Crippen LogP contribution >= 0.6 is 11.8 Å². The Morgan fingerprint density at radius 3 is 2.62 bits per heavy atom. The molecule has 1 heterocycles. The standard InChI is InChI=1S/C12H15N3S/c1-2-16-11-5-3-9(4-6-11)12-7-10(8-13)14-15-12/h3-7H,2,8,13H2,1H3,(H,14,15). The van der Waals surface area contributed by atoms with E-state index in [1.54, 1.807) is 0 Å². The number of H-pyrrole nitrogens is 1. The van der Waals surface area contributed by atoms with Crippen LogP contribution < -0.4 is 5.73 Å². The lowest BCUT2D eigenvalue weighted by atomic mass is 10.1. The van der Waals surface area contributed by atoms with Crippen LogP contribution in [-0.4, -0.2) is 16.0 Å². The number of nitrogens with zero attached hydrogens (tertiary/aromatic N) is 1. The Bertz CT molecular complexity index is 448. The van der Waals surface area contributed by atoms with Gasteiger partial charge in [-0.2, -0.15) is 5.10 Å². The van der Waals surface area contributed by atoms with Crippen molar-refractivity contribution in [3.05, 3.63) is 36.0 Å². The minimum atomic E-state index is 0.497. The Morgan fingerprint density at radius 2 is 2.06 bits per heavy atom. The summed E-state index contributed by atoms with van der Waals surface area (Å²) in [7, 11) is 0. The van der Waals surface area contributed by atoms with Gasteiger partial charge in [-0.3, -0.25) is 5.10 Å². The quantitative estimate of drug-likeness (QED) is 0.798. The first-order valence-corrected chi connectivity index (χ1v) is 6.29. The average Bonchev–Trinajstić information content (AvgIpc) is 2.79. The lowest BCUT2D eigenvalue weighted by molar-refractivity contribution is 0.948. The first-order valence-electron chi connectivity index (χ1n) is 5.31. The Hall–Kier alpha value is -1.26. The second kappa shape index (κ2) is 5.18. The van der Waals surface area contributed by atoms with Crippen molar-refractivity contribution in [3.63, 3.8) is 0 Å². The van der Waals surface area contributed by atoms with Crippen LogP contribution in [0.1, 0.15) is 12.6 Å². The molecular weight excluding hydrogens is 218 g/mol. The number of thioether (sulfide) groups is 1. The number of aromatic amines is 1. The van der Waals surface area contributed by atoms with Gasteiger partial charge in [-0.25, -0.2) is 0 Å². The molecule has 3 nitrogen and oxygen atoms in total. The molecule has 84 valence electrons. The van der Waals surface area contributed by atoms with Gasteiger partial charge in [-0.15, -0.1) is 11.8 Å². The van der Waals surface area contributed by atoms with Gasteiger partial charge in [0.15, 0.2) is 0 Å². The molecule has 0 radical (unpaired) electrons. The highest BCUT2D eigenvalue weighted by molar-refractivity contribution is 7.99. The van der Waals surface area contributed by atoms with Gasteiger partial charge in [-0.05, 0) is 24.0 Å². The van der Waals surface area contributed by atoms with Crippen molar-refractivity contribution < 1.29 is 0 Å². The zero-order valence-electron chi connectivity index (χ0n) is 9.23. The molecule has 0 aliphatic rings. The highest BCUT2D eigenvalue weighted by atomic mass is 32.2. The summed E-state index contributed by atoms with van der Waals surface area (Å²) in [6, 6.07) is 10.4.